The van der Waals surface area contributed by atoms with Gasteiger partial charge < -0.3 is 14.9 Å². The molecular formula is C19H21N7OS2. The molecule has 0 unspecified atom stereocenters. The van der Waals surface area contributed by atoms with Gasteiger partial charge in [0, 0.05) is 36.6 Å². The number of likely N-dealkylation sites (tertiary alicyclic amines) is 1. The molecule has 0 amide bonds. The summed E-state index contributed by atoms with van der Waals surface area (Å²) in [7, 11) is 4.30. The van der Waals surface area contributed by atoms with Crippen molar-refractivity contribution < 1.29 is 5.11 Å². The molecule has 8 nitrogen and oxygen atoms in total. The van der Waals surface area contributed by atoms with E-state index >= 15 is 0 Å². The van der Waals surface area contributed by atoms with Gasteiger partial charge in [0.05, 0.1) is 6.20 Å². The fourth-order valence-electron chi connectivity index (χ4n) is 3.61. The number of rotatable bonds is 4. The van der Waals surface area contributed by atoms with Crippen LogP contribution < -0.4 is 4.90 Å². The third-order valence-electron chi connectivity index (χ3n) is 5.40. The molecule has 4 aromatic heterocycles. The van der Waals surface area contributed by atoms with Crippen molar-refractivity contribution in [3.8, 4) is 27.6 Å². The van der Waals surface area contributed by atoms with Crippen LogP contribution in [0.3, 0.4) is 0 Å². The summed E-state index contributed by atoms with van der Waals surface area (Å²) in [4.78, 5) is 20.4. The van der Waals surface area contributed by atoms with E-state index in [1.54, 1.807) is 36.0 Å². The Morgan fingerprint density at radius 3 is 2.62 bits per heavy atom. The lowest BCUT2D eigenvalue weighted by Gasteiger charge is -2.34. The summed E-state index contributed by atoms with van der Waals surface area (Å²) < 4.78 is 0. The number of aromatic amines is 1. The lowest BCUT2D eigenvalue weighted by molar-refractivity contribution is 0.253. The predicted molar refractivity (Wildman–Crippen MR) is 117 cm³/mol. The fourth-order valence-corrected chi connectivity index (χ4v) is 5.68. The summed E-state index contributed by atoms with van der Waals surface area (Å²) in [6.07, 6.45) is 7.49. The molecule has 0 radical (unpaired) electrons. The molecule has 4 aromatic rings. The first-order chi connectivity index (χ1) is 14.1. The van der Waals surface area contributed by atoms with E-state index in [-0.39, 0.29) is 5.75 Å². The number of nitrogens with one attached hydrogen (secondary N) is 1. The molecule has 0 saturated carbocycles. The van der Waals surface area contributed by atoms with Gasteiger partial charge in [-0.25, -0.2) is 15.0 Å². The van der Waals surface area contributed by atoms with E-state index in [1.807, 2.05) is 0 Å². The topological polar surface area (TPSA) is 94.1 Å². The third-order valence-corrected chi connectivity index (χ3v) is 7.53. The highest BCUT2D eigenvalue weighted by Crippen LogP contribution is 2.39. The second-order valence-corrected chi connectivity index (χ2v) is 9.28. The van der Waals surface area contributed by atoms with Gasteiger partial charge in [-0.05, 0) is 39.0 Å². The number of piperidine rings is 1. The predicted octanol–water partition coefficient (Wildman–Crippen LogP) is 3.44. The molecule has 1 aliphatic heterocycles. The number of fused-ring (bicyclic) bond motifs is 1. The molecule has 5 heterocycles. The molecule has 1 aliphatic rings. The van der Waals surface area contributed by atoms with E-state index in [0.29, 0.717) is 16.7 Å². The van der Waals surface area contributed by atoms with Crippen molar-refractivity contribution in [2.75, 3.05) is 32.1 Å². The Hall–Kier alpha value is -2.56. The van der Waals surface area contributed by atoms with Gasteiger partial charge in [0.2, 0.25) is 0 Å². The van der Waals surface area contributed by atoms with E-state index in [1.165, 1.54) is 11.3 Å². The number of nitrogens with zero attached hydrogens (tertiary/aromatic N) is 6. The molecule has 0 atom stereocenters. The first-order valence-corrected chi connectivity index (χ1v) is 11.1. The maximum absolute atomic E-state index is 10.5. The van der Waals surface area contributed by atoms with Crippen LogP contribution in [0.4, 0.5) is 5.13 Å². The molecule has 0 bridgehead atoms. The van der Waals surface area contributed by atoms with Gasteiger partial charge in [0.15, 0.2) is 14.8 Å². The van der Waals surface area contributed by atoms with Gasteiger partial charge >= 0.3 is 0 Å². The highest BCUT2D eigenvalue weighted by Gasteiger charge is 2.24. The number of aromatic nitrogens is 5. The summed E-state index contributed by atoms with van der Waals surface area (Å²) >= 11 is 3.07. The van der Waals surface area contributed by atoms with E-state index < -0.39 is 0 Å². The molecule has 5 rings (SSSR count). The minimum absolute atomic E-state index is 0.105. The first-order valence-electron chi connectivity index (χ1n) is 9.46. The van der Waals surface area contributed by atoms with Crippen molar-refractivity contribution >= 4 is 37.5 Å². The molecule has 0 spiro atoms. The molecule has 1 saturated heterocycles. The minimum Gasteiger partial charge on any atom is -0.506 e. The molecule has 150 valence electrons. The van der Waals surface area contributed by atoms with Crippen LogP contribution >= 0.6 is 22.7 Å². The third kappa shape index (κ3) is 3.47. The summed E-state index contributed by atoms with van der Waals surface area (Å²) in [5.74, 6) is 0.105. The number of hydrogen-bond donors (Lipinski definition) is 2. The van der Waals surface area contributed by atoms with Crippen LogP contribution in [-0.4, -0.2) is 68.4 Å². The zero-order valence-electron chi connectivity index (χ0n) is 16.2. The molecule has 0 aliphatic carbocycles. The second kappa shape index (κ2) is 7.36. The van der Waals surface area contributed by atoms with Crippen LogP contribution in [0.25, 0.3) is 31.5 Å². The number of hydrogen-bond acceptors (Lipinski definition) is 9. The van der Waals surface area contributed by atoms with E-state index in [9.17, 15) is 5.11 Å². The number of pyridine rings is 1. The van der Waals surface area contributed by atoms with Crippen molar-refractivity contribution in [1.82, 2.24) is 30.0 Å². The standard InChI is InChI=1S/C19H21N7OS2/c1-25-5-3-13(4-6-25)26(2)19-24-18-17(29-19)23-16(28-18)15-14(27)7-11(8-20-15)12-9-21-22-10-12/h7-10,13,27H,3-6H2,1-2H3,(H,21,22). The molecule has 0 aromatic carbocycles. The highest BCUT2D eigenvalue weighted by molar-refractivity contribution is 7.29. The molecule has 1 fully saturated rings. The summed E-state index contributed by atoms with van der Waals surface area (Å²) in [6.45, 7) is 2.24. The quantitative estimate of drug-likeness (QED) is 0.515. The molecule has 10 heteroatoms. The van der Waals surface area contributed by atoms with Crippen LogP contribution in [0.2, 0.25) is 0 Å². The van der Waals surface area contributed by atoms with Crippen LogP contribution in [0.1, 0.15) is 12.8 Å². The summed E-state index contributed by atoms with van der Waals surface area (Å²) in [6, 6.07) is 2.21. The van der Waals surface area contributed by atoms with E-state index in [0.717, 1.165) is 51.9 Å². The van der Waals surface area contributed by atoms with Crippen molar-refractivity contribution in [2.24, 2.45) is 0 Å². The summed E-state index contributed by atoms with van der Waals surface area (Å²) in [5, 5.41) is 18.9. The second-order valence-electron chi connectivity index (χ2n) is 7.35. The van der Waals surface area contributed by atoms with Gasteiger partial charge in [0.25, 0.3) is 0 Å². The largest absolute Gasteiger partial charge is 0.506 e. The first kappa shape index (κ1) is 18.5. The lowest BCUT2D eigenvalue weighted by atomic mass is 10.0. The average molecular weight is 428 g/mol. The van der Waals surface area contributed by atoms with E-state index in [2.05, 4.69) is 39.1 Å². The Morgan fingerprint density at radius 1 is 1.14 bits per heavy atom. The Kier molecular flexibility index (Phi) is 4.69. The average Bonchev–Trinajstić information content (AvgIpc) is 3.44. The number of H-pyrrole nitrogens is 1. The van der Waals surface area contributed by atoms with Crippen molar-refractivity contribution in [2.45, 2.75) is 18.9 Å². The Bertz CT molecular complexity index is 1100. The van der Waals surface area contributed by atoms with Crippen molar-refractivity contribution in [3.63, 3.8) is 0 Å². The van der Waals surface area contributed by atoms with Gasteiger partial charge in [-0.2, -0.15) is 5.10 Å². The maximum atomic E-state index is 10.5. The molecule has 2 N–H and O–H groups in total. The highest BCUT2D eigenvalue weighted by atomic mass is 32.1. The normalized spacial score (nSPS) is 15.9. The van der Waals surface area contributed by atoms with Crippen molar-refractivity contribution in [3.05, 3.63) is 24.7 Å². The summed E-state index contributed by atoms with van der Waals surface area (Å²) in [5.41, 5.74) is 2.17. The van der Waals surface area contributed by atoms with Crippen LogP contribution in [0, 0.1) is 0 Å². The van der Waals surface area contributed by atoms with Crippen LogP contribution in [0.5, 0.6) is 5.75 Å². The minimum atomic E-state index is 0.105. The lowest BCUT2D eigenvalue weighted by Crippen LogP contribution is -2.41. The fraction of sp³-hybridized carbons (Fsp3) is 0.368. The number of anilines is 1. The SMILES string of the molecule is CN1CCC(N(C)c2nc3sc(-c4ncc(-c5cn[nH]c5)cc4O)nc3s2)CC1. The van der Waals surface area contributed by atoms with Crippen LogP contribution in [0.15, 0.2) is 24.7 Å². The van der Waals surface area contributed by atoms with Crippen molar-refractivity contribution in [1.29, 1.82) is 0 Å². The number of thiazole rings is 2. The zero-order chi connectivity index (χ0) is 20.0. The Labute approximate surface area is 175 Å². The zero-order valence-corrected chi connectivity index (χ0v) is 17.8. The molecule has 29 heavy (non-hydrogen) atoms. The van der Waals surface area contributed by atoms with Crippen LogP contribution in [-0.2, 0) is 0 Å². The van der Waals surface area contributed by atoms with Gasteiger partial charge in [-0.3, -0.25) is 5.10 Å². The van der Waals surface area contributed by atoms with Gasteiger partial charge in [0.1, 0.15) is 16.5 Å². The maximum Gasteiger partial charge on any atom is 0.188 e. The van der Waals surface area contributed by atoms with E-state index in [4.69, 9.17) is 9.97 Å². The molecular weight excluding hydrogens is 406 g/mol. The van der Waals surface area contributed by atoms with Gasteiger partial charge in [-0.15, -0.1) is 0 Å². The number of aromatic hydroxyl groups is 1. The Balaban J connectivity index is 1.39. The Morgan fingerprint density at radius 2 is 1.93 bits per heavy atom. The monoisotopic (exact) mass is 427 g/mol. The smallest absolute Gasteiger partial charge is 0.188 e. The van der Waals surface area contributed by atoms with Gasteiger partial charge in [-0.1, -0.05) is 22.7 Å².